The molecular formula is C22H31N3O4S. The maximum Gasteiger partial charge on any atom is 0.243 e. The lowest BCUT2D eigenvalue weighted by molar-refractivity contribution is -0.136. The van der Waals surface area contributed by atoms with Gasteiger partial charge in [-0.2, -0.15) is 4.31 Å². The van der Waals surface area contributed by atoms with Crippen LogP contribution >= 0.6 is 0 Å². The van der Waals surface area contributed by atoms with E-state index in [0.717, 1.165) is 57.3 Å². The summed E-state index contributed by atoms with van der Waals surface area (Å²) in [6.07, 6.45) is 7.21. The Morgan fingerprint density at radius 1 is 0.867 bits per heavy atom. The van der Waals surface area contributed by atoms with E-state index in [0.29, 0.717) is 25.9 Å². The van der Waals surface area contributed by atoms with Crippen molar-refractivity contribution in [3.8, 4) is 0 Å². The molecule has 0 unspecified atom stereocenters. The van der Waals surface area contributed by atoms with Gasteiger partial charge in [0.25, 0.3) is 0 Å². The van der Waals surface area contributed by atoms with E-state index < -0.39 is 10.0 Å². The van der Waals surface area contributed by atoms with Gasteiger partial charge in [0, 0.05) is 44.8 Å². The molecule has 0 radical (unpaired) electrons. The summed E-state index contributed by atoms with van der Waals surface area (Å²) < 4.78 is 27.9. The van der Waals surface area contributed by atoms with E-state index in [1.807, 2.05) is 4.90 Å². The predicted molar refractivity (Wildman–Crippen MR) is 115 cm³/mol. The lowest BCUT2D eigenvalue weighted by Gasteiger charge is -2.34. The van der Waals surface area contributed by atoms with Crippen LogP contribution in [0.2, 0.25) is 0 Å². The number of likely N-dealkylation sites (tertiary alicyclic amines) is 1. The highest BCUT2D eigenvalue weighted by Crippen LogP contribution is 2.28. The predicted octanol–water partition coefficient (Wildman–Crippen LogP) is 2.62. The van der Waals surface area contributed by atoms with E-state index in [1.165, 1.54) is 4.31 Å². The zero-order valence-electron chi connectivity index (χ0n) is 17.5. The molecule has 1 aromatic rings. The Morgan fingerprint density at radius 3 is 2.20 bits per heavy atom. The highest BCUT2D eigenvalue weighted by atomic mass is 32.2. The third kappa shape index (κ3) is 4.39. The molecule has 7 nitrogen and oxygen atoms in total. The number of hydrogen-bond acceptors (Lipinski definition) is 4. The maximum absolute atomic E-state index is 13.2. The van der Waals surface area contributed by atoms with Crippen molar-refractivity contribution in [2.24, 2.45) is 5.92 Å². The second kappa shape index (κ2) is 9.06. The van der Waals surface area contributed by atoms with Crippen LogP contribution < -0.4 is 4.90 Å². The van der Waals surface area contributed by atoms with Gasteiger partial charge in [0.05, 0.1) is 10.8 Å². The molecule has 30 heavy (non-hydrogen) atoms. The second-order valence-electron chi connectivity index (χ2n) is 8.58. The van der Waals surface area contributed by atoms with E-state index in [9.17, 15) is 18.0 Å². The first kappa shape index (κ1) is 21.3. The van der Waals surface area contributed by atoms with Crippen molar-refractivity contribution >= 4 is 27.5 Å². The molecule has 1 aromatic carbocycles. The normalized spacial score (nSPS) is 24.1. The number of anilines is 1. The van der Waals surface area contributed by atoms with Crippen LogP contribution in [-0.4, -0.2) is 62.2 Å². The summed E-state index contributed by atoms with van der Waals surface area (Å²) in [5.41, 5.74) is 0.740. The van der Waals surface area contributed by atoms with E-state index in [-0.39, 0.29) is 29.2 Å². The SMILES string of the molecule is O=C([C@H]1CCCN(S(=O)(=O)c2ccc(N3CCCC3=O)cc2)C1)N1CCCCCC1. The lowest BCUT2D eigenvalue weighted by Crippen LogP contribution is -2.46. The number of nitrogens with zero attached hydrogens (tertiary/aromatic N) is 3. The highest BCUT2D eigenvalue weighted by molar-refractivity contribution is 7.89. The number of rotatable bonds is 4. The first-order chi connectivity index (χ1) is 14.5. The number of carbonyl (C=O) groups excluding carboxylic acids is 2. The molecule has 3 heterocycles. The number of piperidine rings is 1. The summed E-state index contributed by atoms with van der Waals surface area (Å²) in [5.74, 6) is -0.0654. The fourth-order valence-electron chi connectivity index (χ4n) is 4.78. The molecule has 2 amide bonds. The number of benzene rings is 1. The molecule has 3 fully saturated rings. The molecule has 0 saturated carbocycles. The quantitative estimate of drug-likeness (QED) is 0.731. The molecule has 3 aliphatic rings. The summed E-state index contributed by atoms with van der Waals surface area (Å²) >= 11 is 0. The van der Waals surface area contributed by atoms with Gasteiger partial charge in [0.2, 0.25) is 21.8 Å². The summed E-state index contributed by atoms with van der Waals surface area (Å²) in [4.78, 5) is 28.8. The average Bonchev–Trinajstić information content (AvgIpc) is 3.01. The Balaban J connectivity index is 1.45. The van der Waals surface area contributed by atoms with Crippen LogP contribution in [0.25, 0.3) is 0 Å². The molecule has 0 spiro atoms. The molecule has 0 aromatic heterocycles. The van der Waals surface area contributed by atoms with Crippen molar-refractivity contribution < 1.29 is 18.0 Å². The molecule has 1 atom stereocenters. The molecule has 0 aliphatic carbocycles. The zero-order chi connectivity index (χ0) is 21.1. The van der Waals surface area contributed by atoms with Gasteiger partial charge in [0.15, 0.2) is 0 Å². The standard InChI is InChI=1S/C22H31N3O4S/c26-21-8-6-16-25(21)19-9-11-20(12-10-19)30(28,29)24-15-5-7-18(17-24)22(27)23-13-3-1-2-4-14-23/h9-12,18H,1-8,13-17H2/t18-/m0/s1. The van der Waals surface area contributed by atoms with Crippen LogP contribution in [0.1, 0.15) is 51.4 Å². The minimum atomic E-state index is -3.66. The van der Waals surface area contributed by atoms with Crippen LogP contribution in [0.4, 0.5) is 5.69 Å². The Morgan fingerprint density at radius 2 is 1.57 bits per heavy atom. The monoisotopic (exact) mass is 433 g/mol. The van der Waals surface area contributed by atoms with Crippen LogP contribution in [0.5, 0.6) is 0 Å². The second-order valence-corrected chi connectivity index (χ2v) is 10.5. The topological polar surface area (TPSA) is 78.0 Å². The molecule has 8 heteroatoms. The summed E-state index contributed by atoms with van der Waals surface area (Å²) in [6, 6.07) is 6.58. The minimum Gasteiger partial charge on any atom is -0.342 e. The van der Waals surface area contributed by atoms with Crippen molar-refractivity contribution in [2.45, 2.75) is 56.3 Å². The van der Waals surface area contributed by atoms with E-state index in [1.54, 1.807) is 29.2 Å². The van der Waals surface area contributed by atoms with Crippen molar-refractivity contribution in [2.75, 3.05) is 37.6 Å². The van der Waals surface area contributed by atoms with E-state index in [2.05, 4.69) is 0 Å². The fraction of sp³-hybridized carbons (Fsp3) is 0.636. The zero-order valence-corrected chi connectivity index (χ0v) is 18.3. The van der Waals surface area contributed by atoms with Crippen molar-refractivity contribution in [3.05, 3.63) is 24.3 Å². The largest absolute Gasteiger partial charge is 0.342 e. The van der Waals surface area contributed by atoms with E-state index in [4.69, 9.17) is 0 Å². The average molecular weight is 434 g/mol. The van der Waals surface area contributed by atoms with Gasteiger partial charge in [0.1, 0.15) is 0 Å². The fourth-order valence-corrected chi connectivity index (χ4v) is 6.30. The number of hydrogen-bond donors (Lipinski definition) is 0. The van der Waals surface area contributed by atoms with Crippen LogP contribution in [0.15, 0.2) is 29.2 Å². The van der Waals surface area contributed by atoms with Gasteiger partial charge in [-0.1, -0.05) is 12.8 Å². The van der Waals surface area contributed by atoms with Gasteiger partial charge in [-0.3, -0.25) is 9.59 Å². The Bertz CT molecular complexity index is 876. The highest BCUT2D eigenvalue weighted by Gasteiger charge is 2.35. The summed E-state index contributed by atoms with van der Waals surface area (Å²) in [7, 11) is -3.66. The van der Waals surface area contributed by atoms with Gasteiger partial charge < -0.3 is 9.80 Å². The summed E-state index contributed by atoms with van der Waals surface area (Å²) in [5, 5.41) is 0. The molecule has 3 saturated heterocycles. The third-order valence-electron chi connectivity index (χ3n) is 6.51. The third-order valence-corrected chi connectivity index (χ3v) is 8.39. The number of carbonyl (C=O) groups is 2. The first-order valence-corrected chi connectivity index (χ1v) is 12.6. The van der Waals surface area contributed by atoms with Gasteiger partial charge in [-0.25, -0.2) is 8.42 Å². The Labute approximate surface area is 179 Å². The van der Waals surface area contributed by atoms with Crippen molar-refractivity contribution in [1.82, 2.24) is 9.21 Å². The Kier molecular flexibility index (Phi) is 6.43. The minimum absolute atomic E-state index is 0.0801. The van der Waals surface area contributed by atoms with Crippen LogP contribution in [0.3, 0.4) is 0 Å². The first-order valence-electron chi connectivity index (χ1n) is 11.2. The number of sulfonamides is 1. The number of amides is 2. The van der Waals surface area contributed by atoms with Crippen LogP contribution in [0, 0.1) is 5.92 Å². The summed E-state index contributed by atoms with van der Waals surface area (Å²) in [6.45, 7) is 2.96. The molecule has 3 aliphatic heterocycles. The van der Waals surface area contributed by atoms with Crippen LogP contribution in [-0.2, 0) is 19.6 Å². The maximum atomic E-state index is 13.2. The molecular weight excluding hydrogens is 402 g/mol. The van der Waals surface area contributed by atoms with E-state index >= 15 is 0 Å². The van der Waals surface area contributed by atoms with Crippen molar-refractivity contribution in [3.63, 3.8) is 0 Å². The van der Waals surface area contributed by atoms with Gasteiger partial charge in [-0.15, -0.1) is 0 Å². The molecule has 164 valence electrons. The van der Waals surface area contributed by atoms with Gasteiger partial charge in [-0.05, 0) is 56.4 Å². The van der Waals surface area contributed by atoms with Gasteiger partial charge >= 0.3 is 0 Å². The smallest absolute Gasteiger partial charge is 0.243 e. The van der Waals surface area contributed by atoms with Crippen molar-refractivity contribution in [1.29, 1.82) is 0 Å². The molecule has 0 N–H and O–H groups in total. The Hall–Kier alpha value is -1.93. The molecule has 4 rings (SSSR count). The molecule has 0 bridgehead atoms. The lowest BCUT2D eigenvalue weighted by atomic mass is 9.98.